The van der Waals surface area contributed by atoms with Crippen molar-refractivity contribution in [3.05, 3.63) is 40.0 Å². The third-order valence-corrected chi connectivity index (χ3v) is 4.43. The predicted octanol–water partition coefficient (Wildman–Crippen LogP) is 3.37. The van der Waals surface area contributed by atoms with Crippen LogP contribution in [0, 0.1) is 6.92 Å². The van der Waals surface area contributed by atoms with Gasteiger partial charge in [-0.05, 0) is 44.5 Å². The summed E-state index contributed by atoms with van der Waals surface area (Å²) in [5, 5.41) is 11.5. The number of ether oxygens (including phenoxy) is 1. The van der Waals surface area contributed by atoms with Crippen LogP contribution in [0.5, 0.6) is 5.88 Å². The molecule has 0 aliphatic carbocycles. The van der Waals surface area contributed by atoms with Crippen LogP contribution in [0.4, 0.5) is 0 Å². The Labute approximate surface area is 163 Å². The first kappa shape index (κ1) is 20.6. The molecule has 26 heavy (non-hydrogen) atoms. The first-order valence-electron chi connectivity index (χ1n) is 8.57. The predicted molar refractivity (Wildman–Crippen MR) is 105 cm³/mol. The Balaban J connectivity index is 1.71. The molecule has 8 heteroatoms. The molecule has 0 bridgehead atoms. The summed E-state index contributed by atoms with van der Waals surface area (Å²) < 4.78 is 7.51. The smallest absolute Gasteiger partial charge is 0.233 e. The lowest BCUT2D eigenvalue weighted by Crippen LogP contribution is -2.30. The van der Waals surface area contributed by atoms with Crippen molar-refractivity contribution >= 4 is 29.1 Å². The molecule has 1 amide bonds. The molecule has 0 atom stereocenters. The van der Waals surface area contributed by atoms with Gasteiger partial charge in [-0.25, -0.2) is 4.68 Å². The van der Waals surface area contributed by atoms with Gasteiger partial charge < -0.3 is 15.4 Å². The van der Waals surface area contributed by atoms with E-state index in [2.05, 4.69) is 15.7 Å². The van der Waals surface area contributed by atoms with Crippen LogP contribution in [-0.2, 0) is 4.79 Å². The number of amides is 1. The van der Waals surface area contributed by atoms with Crippen molar-refractivity contribution in [1.29, 1.82) is 0 Å². The molecule has 0 aliphatic rings. The van der Waals surface area contributed by atoms with Gasteiger partial charge in [-0.2, -0.15) is 0 Å². The van der Waals surface area contributed by atoms with Crippen molar-refractivity contribution in [2.75, 3.05) is 26.2 Å². The molecular weight excluding hydrogens is 375 g/mol. The van der Waals surface area contributed by atoms with E-state index in [1.807, 2.05) is 19.1 Å². The van der Waals surface area contributed by atoms with Crippen molar-refractivity contribution < 1.29 is 9.53 Å². The summed E-state index contributed by atoms with van der Waals surface area (Å²) in [5.74, 6) is 0.586. The minimum absolute atomic E-state index is 0.00389. The Hall–Kier alpha value is -1.76. The summed E-state index contributed by atoms with van der Waals surface area (Å²) in [5.41, 5.74) is 1.80. The number of rotatable bonds is 10. The number of aromatic nitrogens is 2. The Bertz CT molecular complexity index is 734. The normalized spacial score (nSPS) is 10.8. The highest BCUT2D eigenvalue weighted by molar-refractivity contribution is 6.42. The highest BCUT2D eigenvalue weighted by Gasteiger charge is 2.09. The number of carbonyl (C=O) groups is 1. The van der Waals surface area contributed by atoms with Crippen LogP contribution in [0.25, 0.3) is 5.69 Å². The second-order valence-corrected chi connectivity index (χ2v) is 6.74. The Kier molecular flexibility index (Phi) is 8.22. The minimum atomic E-state index is -0.00389. The Morgan fingerprint density at radius 3 is 2.69 bits per heavy atom. The van der Waals surface area contributed by atoms with Gasteiger partial charge in [-0.15, -0.1) is 5.10 Å². The topological polar surface area (TPSA) is 68.2 Å². The maximum absolute atomic E-state index is 10.7. The highest BCUT2D eigenvalue weighted by Crippen LogP contribution is 2.25. The summed E-state index contributed by atoms with van der Waals surface area (Å²) in [4.78, 5) is 10.7. The lowest BCUT2D eigenvalue weighted by Gasteiger charge is -2.06. The molecule has 0 saturated heterocycles. The molecule has 0 unspecified atom stereocenters. The summed E-state index contributed by atoms with van der Waals surface area (Å²) in [6, 6.07) is 7.29. The molecule has 0 spiro atoms. The quantitative estimate of drug-likeness (QED) is 0.601. The molecule has 0 aliphatic heterocycles. The SMILES string of the molecule is CC(=O)NCCNCCCCOc1cc(C)n(-c2ccc(Cl)c(Cl)c2)n1. The van der Waals surface area contributed by atoms with Gasteiger partial charge in [0, 0.05) is 31.8 Å². The number of benzene rings is 1. The third-order valence-electron chi connectivity index (χ3n) is 3.69. The fourth-order valence-electron chi connectivity index (χ4n) is 2.38. The van der Waals surface area contributed by atoms with Crippen LogP contribution in [0.2, 0.25) is 10.0 Å². The van der Waals surface area contributed by atoms with Gasteiger partial charge in [0.05, 0.1) is 22.3 Å². The van der Waals surface area contributed by atoms with Gasteiger partial charge in [-0.3, -0.25) is 4.79 Å². The molecule has 6 nitrogen and oxygen atoms in total. The van der Waals surface area contributed by atoms with Crippen molar-refractivity contribution in [3.63, 3.8) is 0 Å². The van der Waals surface area contributed by atoms with Crippen molar-refractivity contribution in [3.8, 4) is 11.6 Å². The van der Waals surface area contributed by atoms with Gasteiger partial charge in [-0.1, -0.05) is 23.2 Å². The second kappa shape index (κ2) is 10.4. The molecule has 1 heterocycles. The zero-order valence-electron chi connectivity index (χ0n) is 15.0. The lowest BCUT2D eigenvalue weighted by molar-refractivity contribution is -0.118. The molecule has 1 aromatic heterocycles. The van der Waals surface area contributed by atoms with Gasteiger partial charge in [0.2, 0.25) is 11.8 Å². The van der Waals surface area contributed by atoms with E-state index >= 15 is 0 Å². The zero-order chi connectivity index (χ0) is 18.9. The van der Waals surface area contributed by atoms with E-state index in [1.165, 1.54) is 6.92 Å². The number of nitrogens with zero attached hydrogens (tertiary/aromatic N) is 2. The van der Waals surface area contributed by atoms with E-state index in [0.29, 0.717) is 29.1 Å². The van der Waals surface area contributed by atoms with Gasteiger partial charge in [0.1, 0.15) is 0 Å². The summed E-state index contributed by atoms with van der Waals surface area (Å²) in [6.07, 6.45) is 1.92. The molecule has 142 valence electrons. The fraction of sp³-hybridized carbons (Fsp3) is 0.444. The molecule has 1 aromatic carbocycles. The molecule has 2 aromatic rings. The summed E-state index contributed by atoms with van der Waals surface area (Å²) >= 11 is 12.0. The Morgan fingerprint density at radius 1 is 1.15 bits per heavy atom. The number of hydrogen-bond acceptors (Lipinski definition) is 4. The van der Waals surface area contributed by atoms with Crippen molar-refractivity contribution in [2.45, 2.75) is 26.7 Å². The number of hydrogen-bond donors (Lipinski definition) is 2. The summed E-state index contributed by atoms with van der Waals surface area (Å²) in [7, 11) is 0. The number of aryl methyl sites for hydroxylation is 1. The Morgan fingerprint density at radius 2 is 1.96 bits per heavy atom. The second-order valence-electron chi connectivity index (χ2n) is 5.92. The molecule has 0 fully saturated rings. The number of nitrogens with one attached hydrogen (secondary N) is 2. The average molecular weight is 399 g/mol. The minimum Gasteiger partial charge on any atom is -0.477 e. The standard InChI is InChI=1S/C18H24Cl2N4O2/c1-13-11-18(23-24(13)15-5-6-16(19)17(20)12-15)26-10-4-3-7-21-8-9-22-14(2)25/h5-6,11-12,21H,3-4,7-10H2,1-2H3,(H,22,25). The van der Waals surface area contributed by atoms with E-state index in [-0.39, 0.29) is 5.91 Å². The van der Waals surface area contributed by atoms with E-state index in [1.54, 1.807) is 16.8 Å². The monoisotopic (exact) mass is 398 g/mol. The van der Waals surface area contributed by atoms with Crippen LogP contribution >= 0.6 is 23.2 Å². The zero-order valence-corrected chi connectivity index (χ0v) is 16.5. The molecule has 0 saturated carbocycles. The molecule has 0 radical (unpaired) electrons. The van der Waals surface area contributed by atoms with Gasteiger partial charge >= 0.3 is 0 Å². The van der Waals surface area contributed by atoms with Gasteiger partial charge in [0.15, 0.2) is 0 Å². The van der Waals surface area contributed by atoms with Gasteiger partial charge in [0.25, 0.3) is 0 Å². The largest absolute Gasteiger partial charge is 0.477 e. The van der Waals surface area contributed by atoms with E-state index in [0.717, 1.165) is 37.3 Å². The highest BCUT2D eigenvalue weighted by atomic mass is 35.5. The maximum Gasteiger partial charge on any atom is 0.233 e. The summed E-state index contributed by atoms with van der Waals surface area (Å²) in [6.45, 7) is 6.39. The molecule has 2 rings (SSSR count). The van der Waals surface area contributed by atoms with E-state index in [9.17, 15) is 4.79 Å². The lowest BCUT2D eigenvalue weighted by atomic mass is 10.3. The van der Waals surface area contributed by atoms with Crippen LogP contribution < -0.4 is 15.4 Å². The van der Waals surface area contributed by atoms with Crippen LogP contribution in [0.3, 0.4) is 0 Å². The van der Waals surface area contributed by atoms with Crippen molar-refractivity contribution in [2.24, 2.45) is 0 Å². The number of halogens is 2. The van der Waals surface area contributed by atoms with Crippen molar-refractivity contribution in [1.82, 2.24) is 20.4 Å². The first-order chi connectivity index (χ1) is 12.5. The van der Waals surface area contributed by atoms with Crippen LogP contribution in [0.1, 0.15) is 25.5 Å². The van der Waals surface area contributed by atoms with Crippen LogP contribution in [0.15, 0.2) is 24.3 Å². The fourth-order valence-corrected chi connectivity index (χ4v) is 2.67. The number of unbranched alkanes of at least 4 members (excludes halogenated alkanes) is 1. The third kappa shape index (κ3) is 6.52. The van der Waals surface area contributed by atoms with Crippen LogP contribution in [-0.4, -0.2) is 41.9 Å². The maximum atomic E-state index is 10.7. The molecule has 2 N–H and O–H groups in total. The first-order valence-corrected chi connectivity index (χ1v) is 9.33. The van der Waals surface area contributed by atoms with E-state index in [4.69, 9.17) is 27.9 Å². The van der Waals surface area contributed by atoms with E-state index < -0.39 is 0 Å². The molecular formula is C18H24Cl2N4O2. The average Bonchev–Trinajstić information content (AvgIpc) is 2.96. The number of carbonyl (C=O) groups excluding carboxylic acids is 1.